The maximum absolute atomic E-state index is 2.24. The van der Waals surface area contributed by atoms with Crippen LogP contribution in [-0.2, 0) is 0 Å². The van der Waals surface area contributed by atoms with Gasteiger partial charge in [0.05, 0.1) is 14.1 Å². The highest BCUT2D eigenvalue weighted by molar-refractivity contribution is 4.55. The average Bonchev–Trinajstić information content (AvgIpc) is 1.90. The minimum Gasteiger partial charge on any atom is -0.351 e. The highest BCUT2D eigenvalue weighted by Crippen LogP contribution is 2.16. The van der Waals surface area contributed by atoms with Crippen LogP contribution in [-0.4, -0.2) is 14.1 Å². The highest BCUT2D eigenvalue weighted by Gasteiger charge is 2.03. The molecule has 0 aliphatic carbocycles. The van der Waals surface area contributed by atoms with E-state index in [1.165, 1.54) is 12.8 Å². The zero-order valence-corrected chi connectivity index (χ0v) is 10.5. The lowest BCUT2D eigenvalue weighted by molar-refractivity contribution is -0.597. The van der Waals surface area contributed by atoms with Gasteiger partial charge in [-0.25, -0.2) is 0 Å². The molecule has 0 unspecified atom stereocenters. The zero-order valence-electron chi connectivity index (χ0n) is 10.5. The summed E-state index contributed by atoms with van der Waals surface area (Å²) >= 11 is 0. The number of quaternary nitrogens is 1. The van der Waals surface area contributed by atoms with Gasteiger partial charge in [-0.05, 0) is 5.41 Å². The molecule has 0 radical (unpaired) electrons. The smallest absolute Gasteiger partial charge is 0.0647 e. The fourth-order valence-electron chi connectivity index (χ4n) is 0. The van der Waals surface area contributed by atoms with Crippen LogP contribution in [0.2, 0.25) is 0 Å². The van der Waals surface area contributed by atoms with E-state index in [4.69, 9.17) is 0 Å². The summed E-state index contributed by atoms with van der Waals surface area (Å²) in [5.74, 6) is 0. The molecule has 0 atom stereocenters. The molecule has 0 amide bonds. The van der Waals surface area contributed by atoms with Crippen molar-refractivity contribution in [2.75, 3.05) is 14.1 Å². The summed E-state index contributed by atoms with van der Waals surface area (Å²) in [7, 11) is 4.00. The van der Waals surface area contributed by atoms with Crippen LogP contribution in [0, 0.1) is 5.41 Å². The normalized spacial score (nSPS) is 9.00. The first-order valence-electron chi connectivity index (χ1n) is 5.13. The van der Waals surface area contributed by atoms with Crippen molar-refractivity contribution in [3.8, 4) is 0 Å². The van der Waals surface area contributed by atoms with Crippen LogP contribution >= 0.6 is 0 Å². The Morgan fingerprint density at radius 3 is 1.00 bits per heavy atom. The molecule has 0 saturated carbocycles. The molecule has 0 aromatic heterocycles. The van der Waals surface area contributed by atoms with Crippen molar-refractivity contribution in [2.45, 2.75) is 54.4 Å². The summed E-state index contributed by atoms with van der Waals surface area (Å²) in [6.07, 6.45) is 2.52. The van der Waals surface area contributed by atoms with E-state index in [9.17, 15) is 0 Å². The third-order valence-electron chi connectivity index (χ3n) is 1.06. The molecule has 0 heterocycles. The van der Waals surface area contributed by atoms with E-state index in [0.29, 0.717) is 5.41 Å². The van der Waals surface area contributed by atoms with Gasteiger partial charge in [-0.1, -0.05) is 54.4 Å². The Labute approximate surface area is 80.0 Å². The second kappa shape index (κ2) is 13.5. The lowest BCUT2D eigenvalue weighted by Crippen LogP contribution is -2.74. The summed E-state index contributed by atoms with van der Waals surface area (Å²) in [5, 5.41) is 2.00. The van der Waals surface area contributed by atoms with Crippen LogP contribution in [0.3, 0.4) is 0 Å². The zero-order chi connectivity index (χ0) is 10.6. The maximum Gasteiger partial charge on any atom is 0.0647 e. The third-order valence-corrected chi connectivity index (χ3v) is 1.06. The van der Waals surface area contributed by atoms with Crippen molar-refractivity contribution >= 4 is 0 Å². The number of hydrogen-bond donors (Lipinski definition) is 1. The largest absolute Gasteiger partial charge is 0.351 e. The molecular formula is C11H30N+. The Morgan fingerprint density at radius 1 is 0.917 bits per heavy atom. The van der Waals surface area contributed by atoms with Gasteiger partial charge in [-0.15, -0.1) is 0 Å². The minimum atomic E-state index is 0.542. The predicted molar refractivity (Wildman–Crippen MR) is 59.5 cm³/mol. The van der Waals surface area contributed by atoms with Crippen LogP contribution in [0.1, 0.15) is 54.4 Å². The second-order valence-corrected chi connectivity index (χ2v) is 4.20. The Balaban J connectivity index is -0.000000115. The quantitative estimate of drug-likeness (QED) is 0.584. The van der Waals surface area contributed by atoms with Crippen molar-refractivity contribution in [1.82, 2.24) is 0 Å². The molecular weight excluding hydrogens is 146 g/mol. The maximum atomic E-state index is 2.24. The molecule has 0 aliphatic heterocycles. The van der Waals surface area contributed by atoms with Gasteiger partial charge in [0.25, 0.3) is 0 Å². The van der Waals surface area contributed by atoms with Gasteiger partial charge in [0, 0.05) is 0 Å². The summed E-state index contributed by atoms with van der Waals surface area (Å²) in [6, 6.07) is 0. The van der Waals surface area contributed by atoms with E-state index in [1.807, 2.05) is 19.4 Å². The van der Waals surface area contributed by atoms with E-state index in [0.717, 1.165) is 0 Å². The SMILES string of the molecule is CCC.CCC(C)(C)C.C[NH2+]C. The molecule has 0 fully saturated rings. The molecule has 1 heteroatoms. The highest BCUT2D eigenvalue weighted by atomic mass is 14.7. The van der Waals surface area contributed by atoms with Gasteiger partial charge >= 0.3 is 0 Å². The Hall–Kier alpha value is -0.0400. The summed E-state index contributed by atoms with van der Waals surface area (Å²) in [5.41, 5.74) is 0.542. The van der Waals surface area contributed by atoms with Gasteiger partial charge in [0.2, 0.25) is 0 Å². The molecule has 0 rings (SSSR count). The van der Waals surface area contributed by atoms with Crippen molar-refractivity contribution in [1.29, 1.82) is 0 Å². The minimum absolute atomic E-state index is 0.542. The van der Waals surface area contributed by atoms with Crippen molar-refractivity contribution in [3.63, 3.8) is 0 Å². The summed E-state index contributed by atoms with van der Waals surface area (Å²) < 4.78 is 0. The van der Waals surface area contributed by atoms with Crippen molar-refractivity contribution in [3.05, 3.63) is 0 Å². The summed E-state index contributed by atoms with van der Waals surface area (Å²) in [6.45, 7) is 13.2. The molecule has 0 aliphatic rings. The first kappa shape index (κ1) is 17.9. The lowest BCUT2D eigenvalue weighted by Gasteiger charge is -2.12. The molecule has 0 aromatic carbocycles. The van der Waals surface area contributed by atoms with Crippen LogP contribution in [0.4, 0.5) is 0 Å². The van der Waals surface area contributed by atoms with Crippen LogP contribution in [0.5, 0.6) is 0 Å². The third kappa shape index (κ3) is 91.3. The fraction of sp³-hybridized carbons (Fsp3) is 1.00. The van der Waals surface area contributed by atoms with E-state index >= 15 is 0 Å². The standard InChI is InChI=1S/C6H14.C3H8.C2H7N/c1-5-6(2,3)4;2*1-3-2/h5H2,1-4H3;3H2,1-2H3;3H,1-2H3/p+1. The average molecular weight is 176 g/mol. The molecule has 0 bridgehead atoms. The Kier molecular flexibility index (Phi) is 20.2. The van der Waals surface area contributed by atoms with Gasteiger partial charge in [0.1, 0.15) is 0 Å². The molecule has 2 N–H and O–H groups in total. The van der Waals surface area contributed by atoms with Gasteiger partial charge < -0.3 is 5.32 Å². The van der Waals surface area contributed by atoms with Crippen molar-refractivity contribution in [2.24, 2.45) is 5.41 Å². The van der Waals surface area contributed by atoms with E-state index < -0.39 is 0 Å². The first-order valence-corrected chi connectivity index (χ1v) is 5.13. The molecule has 0 spiro atoms. The molecule has 1 nitrogen and oxygen atoms in total. The molecule has 78 valence electrons. The van der Waals surface area contributed by atoms with E-state index in [2.05, 4.69) is 41.5 Å². The molecule has 0 aromatic rings. The summed E-state index contributed by atoms with van der Waals surface area (Å²) in [4.78, 5) is 0. The number of nitrogens with two attached hydrogens (primary N) is 1. The Morgan fingerprint density at radius 2 is 1.00 bits per heavy atom. The van der Waals surface area contributed by atoms with Gasteiger partial charge in [-0.3, -0.25) is 0 Å². The van der Waals surface area contributed by atoms with Gasteiger partial charge in [-0.2, -0.15) is 0 Å². The number of rotatable bonds is 0. The lowest BCUT2D eigenvalue weighted by atomic mass is 9.94. The fourth-order valence-corrected chi connectivity index (χ4v) is 0. The second-order valence-electron chi connectivity index (χ2n) is 4.20. The molecule has 0 saturated heterocycles. The van der Waals surface area contributed by atoms with E-state index in [-0.39, 0.29) is 0 Å². The van der Waals surface area contributed by atoms with Crippen LogP contribution in [0.25, 0.3) is 0 Å². The van der Waals surface area contributed by atoms with Crippen molar-refractivity contribution < 1.29 is 5.32 Å². The van der Waals surface area contributed by atoms with Crippen LogP contribution in [0.15, 0.2) is 0 Å². The Bertz CT molecular complexity index is 50.5. The van der Waals surface area contributed by atoms with E-state index in [1.54, 1.807) is 0 Å². The van der Waals surface area contributed by atoms with Crippen LogP contribution < -0.4 is 5.32 Å². The predicted octanol–water partition coefficient (Wildman–Crippen LogP) is 2.67. The monoisotopic (exact) mass is 176 g/mol. The van der Waals surface area contributed by atoms with Gasteiger partial charge in [0.15, 0.2) is 0 Å². The number of hydrogen-bond acceptors (Lipinski definition) is 0. The topological polar surface area (TPSA) is 16.6 Å². The molecule has 12 heavy (non-hydrogen) atoms. The first-order chi connectivity index (χ1) is 5.39.